The molecule has 3 aromatic rings. The van der Waals surface area contributed by atoms with Gasteiger partial charge in [0.25, 0.3) is 11.7 Å². The minimum absolute atomic E-state index is 0.0416. The number of rotatable bonds is 7. The first-order valence-corrected chi connectivity index (χ1v) is 13.4. The van der Waals surface area contributed by atoms with E-state index in [1.54, 1.807) is 36.4 Å². The van der Waals surface area contributed by atoms with E-state index in [0.717, 1.165) is 11.3 Å². The molecule has 1 heterocycles. The molecule has 0 saturated carbocycles. The van der Waals surface area contributed by atoms with Gasteiger partial charge in [-0.05, 0) is 66.4 Å². The van der Waals surface area contributed by atoms with E-state index in [1.165, 1.54) is 18.1 Å². The summed E-state index contributed by atoms with van der Waals surface area (Å²) in [6, 6.07) is 18.1. The van der Waals surface area contributed by atoms with E-state index >= 15 is 0 Å². The predicted molar refractivity (Wildman–Crippen MR) is 160 cm³/mol. The van der Waals surface area contributed by atoms with Gasteiger partial charge in [-0.1, -0.05) is 39.0 Å². The van der Waals surface area contributed by atoms with Crippen LogP contribution in [-0.4, -0.2) is 50.6 Å². The van der Waals surface area contributed by atoms with Gasteiger partial charge in [0.15, 0.2) is 0 Å². The second kappa shape index (κ2) is 11.5. The maximum atomic E-state index is 13.7. The molecule has 1 unspecified atom stereocenters. The lowest BCUT2D eigenvalue weighted by Crippen LogP contribution is -2.29. The first-order valence-electron chi connectivity index (χ1n) is 13.4. The minimum Gasteiger partial charge on any atom is -0.507 e. The predicted octanol–water partition coefficient (Wildman–Crippen LogP) is 5.86. The van der Waals surface area contributed by atoms with E-state index in [4.69, 9.17) is 9.47 Å². The molecule has 8 nitrogen and oxygen atoms in total. The first-order chi connectivity index (χ1) is 19.4. The van der Waals surface area contributed by atoms with Crippen molar-refractivity contribution in [2.24, 2.45) is 0 Å². The van der Waals surface area contributed by atoms with Crippen molar-refractivity contribution in [3.05, 3.63) is 94.6 Å². The van der Waals surface area contributed by atoms with Crippen LogP contribution >= 0.6 is 0 Å². The number of hydrogen-bond donors (Lipinski definition) is 1. The number of ether oxygens (including phenoxy) is 2. The molecule has 0 bridgehead atoms. The third-order valence-corrected chi connectivity index (χ3v) is 7.08. The van der Waals surface area contributed by atoms with E-state index in [-0.39, 0.29) is 22.3 Å². The first kappa shape index (κ1) is 29.4. The van der Waals surface area contributed by atoms with Crippen LogP contribution in [0.2, 0.25) is 0 Å². The monoisotopic (exact) mass is 556 g/mol. The Labute approximate surface area is 240 Å². The molecule has 1 saturated heterocycles. The molecule has 1 aliphatic heterocycles. The van der Waals surface area contributed by atoms with Gasteiger partial charge >= 0.3 is 5.97 Å². The van der Waals surface area contributed by atoms with E-state index < -0.39 is 23.7 Å². The second-order valence-electron chi connectivity index (χ2n) is 11.1. The van der Waals surface area contributed by atoms with Crippen molar-refractivity contribution >= 4 is 34.8 Å². The number of ketones is 1. The maximum absolute atomic E-state index is 13.7. The Morgan fingerprint density at radius 3 is 2.24 bits per heavy atom. The molecule has 8 heteroatoms. The van der Waals surface area contributed by atoms with Gasteiger partial charge in [0.05, 0.1) is 30.9 Å². The number of anilines is 2. The van der Waals surface area contributed by atoms with Crippen LogP contribution in [0.3, 0.4) is 0 Å². The van der Waals surface area contributed by atoms with Crippen molar-refractivity contribution in [1.29, 1.82) is 0 Å². The lowest BCUT2D eigenvalue weighted by Gasteiger charge is -2.27. The number of aliphatic hydroxyl groups is 1. The van der Waals surface area contributed by atoms with Crippen LogP contribution in [0.4, 0.5) is 11.4 Å². The van der Waals surface area contributed by atoms with Crippen molar-refractivity contribution < 1.29 is 29.0 Å². The summed E-state index contributed by atoms with van der Waals surface area (Å²) in [6.45, 7) is 8.49. The molecule has 1 N–H and O–H groups in total. The maximum Gasteiger partial charge on any atom is 0.337 e. The molecule has 41 heavy (non-hydrogen) atoms. The van der Waals surface area contributed by atoms with Gasteiger partial charge in [-0.25, -0.2) is 4.79 Å². The molecule has 214 valence electrons. The quantitative estimate of drug-likeness (QED) is 0.168. The highest BCUT2D eigenvalue weighted by atomic mass is 16.5. The number of esters is 1. The van der Waals surface area contributed by atoms with Gasteiger partial charge in [0.2, 0.25) is 0 Å². The Balaban J connectivity index is 1.95. The number of nitrogens with zero attached hydrogens (tertiary/aromatic N) is 2. The summed E-state index contributed by atoms with van der Waals surface area (Å²) in [4.78, 5) is 42.8. The van der Waals surface area contributed by atoms with E-state index in [9.17, 15) is 19.5 Å². The van der Waals surface area contributed by atoms with Gasteiger partial charge in [-0.3, -0.25) is 14.5 Å². The second-order valence-corrected chi connectivity index (χ2v) is 11.1. The lowest BCUT2D eigenvalue weighted by atomic mass is 9.84. The molecule has 1 fully saturated rings. The fraction of sp³-hybridized carbons (Fsp3) is 0.303. The van der Waals surface area contributed by atoms with Gasteiger partial charge in [0, 0.05) is 36.6 Å². The third-order valence-electron chi connectivity index (χ3n) is 7.08. The standard InChI is InChI=1S/C33H36N2O6/c1-8-41-26-17-14-21(19-25(26)33(2,3)4)29(36)27-28(20-12-15-23(16-13-20)34(5)6)35(31(38)30(27)37)24-11-9-10-22(18-24)32(39)40-7/h9-19,28,36H,8H2,1-7H3/b29-27-. The lowest BCUT2D eigenvalue weighted by molar-refractivity contribution is -0.132. The van der Waals surface area contributed by atoms with Crippen LogP contribution in [0.25, 0.3) is 5.76 Å². The third kappa shape index (κ3) is 5.68. The summed E-state index contributed by atoms with van der Waals surface area (Å²) in [5, 5.41) is 11.7. The normalized spacial score (nSPS) is 16.6. The van der Waals surface area contributed by atoms with Crippen LogP contribution in [0.1, 0.15) is 60.8 Å². The number of hydrogen-bond acceptors (Lipinski definition) is 7. The van der Waals surface area contributed by atoms with E-state index in [2.05, 4.69) is 0 Å². The highest BCUT2D eigenvalue weighted by molar-refractivity contribution is 6.51. The summed E-state index contributed by atoms with van der Waals surface area (Å²) in [5.74, 6) is -1.80. The number of amides is 1. The van der Waals surface area contributed by atoms with Crippen LogP contribution < -0.4 is 14.5 Å². The fourth-order valence-electron chi connectivity index (χ4n) is 4.97. The summed E-state index contributed by atoms with van der Waals surface area (Å²) < 4.78 is 10.7. The molecular weight excluding hydrogens is 520 g/mol. The molecule has 0 spiro atoms. The Hall–Kier alpha value is -4.59. The number of carbonyl (C=O) groups is 3. The molecular formula is C33H36N2O6. The Morgan fingerprint density at radius 1 is 0.976 bits per heavy atom. The van der Waals surface area contributed by atoms with Crippen molar-refractivity contribution in [2.45, 2.75) is 39.2 Å². The highest BCUT2D eigenvalue weighted by Crippen LogP contribution is 2.43. The zero-order chi connectivity index (χ0) is 30.1. The number of aliphatic hydroxyl groups excluding tert-OH is 1. The van der Waals surface area contributed by atoms with Crippen molar-refractivity contribution in [1.82, 2.24) is 0 Å². The van der Waals surface area contributed by atoms with Crippen molar-refractivity contribution in [3.8, 4) is 5.75 Å². The number of carbonyl (C=O) groups excluding carboxylic acids is 3. The zero-order valence-corrected chi connectivity index (χ0v) is 24.5. The number of benzene rings is 3. The molecule has 3 aromatic carbocycles. The average Bonchev–Trinajstić information content (AvgIpc) is 3.22. The Bertz CT molecular complexity index is 1520. The molecule has 1 amide bonds. The number of methoxy groups -OCH3 is 1. The SMILES string of the molecule is CCOc1ccc(/C(O)=C2/C(=O)C(=O)N(c3cccc(C(=O)OC)c3)C2c2ccc(N(C)C)cc2)cc1C(C)(C)C. The Morgan fingerprint density at radius 2 is 1.66 bits per heavy atom. The van der Waals surface area contributed by atoms with E-state index in [0.29, 0.717) is 29.2 Å². The van der Waals surface area contributed by atoms with Crippen LogP contribution in [0, 0.1) is 0 Å². The summed E-state index contributed by atoms with van der Waals surface area (Å²) >= 11 is 0. The summed E-state index contributed by atoms with van der Waals surface area (Å²) in [7, 11) is 5.10. The van der Waals surface area contributed by atoms with Gasteiger partial charge in [-0.15, -0.1) is 0 Å². The van der Waals surface area contributed by atoms with Gasteiger partial charge in [-0.2, -0.15) is 0 Å². The average molecular weight is 557 g/mol. The minimum atomic E-state index is -0.941. The smallest absolute Gasteiger partial charge is 0.337 e. The van der Waals surface area contributed by atoms with Crippen LogP contribution in [0.5, 0.6) is 5.75 Å². The molecule has 0 aromatic heterocycles. The fourth-order valence-corrected chi connectivity index (χ4v) is 4.97. The molecule has 4 rings (SSSR count). The summed E-state index contributed by atoms with van der Waals surface area (Å²) in [6.07, 6.45) is 0. The molecule has 0 radical (unpaired) electrons. The van der Waals surface area contributed by atoms with Crippen molar-refractivity contribution in [3.63, 3.8) is 0 Å². The Kier molecular flexibility index (Phi) is 8.24. The highest BCUT2D eigenvalue weighted by Gasteiger charge is 2.47. The topological polar surface area (TPSA) is 96.4 Å². The number of Topliss-reactive ketones (excluding diaryl/α,β-unsaturated/α-hetero) is 1. The summed E-state index contributed by atoms with van der Waals surface area (Å²) in [5.41, 5.74) is 3.02. The van der Waals surface area contributed by atoms with Crippen LogP contribution in [0.15, 0.2) is 72.3 Å². The van der Waals surface area contributed by atoms with E-state index in [1.807, 2.05) is 71.0 Å². The molecule has 0 aliphatic carbocycles. The zero-order valence-electron chi connectivity index (χ0n) is 24.5. The largest absolute Gasteiger partial charge is 0.507 e. The van der Waals surface area contributed by atoms with Gasteiger partial charge < -0.3 is 19.5 Å². The molecule has 1 atom stereocenters. The van der Waals surface area contributed by atoms with Crippen LogP contribution in [-0.2, 0) is 19.7 Å². The molecule has 1 aliphatic rings. The van der Waals surface area contributed by atoms with Gasteiger partial charge in [0.1, 0.15) is 11.5 Å². The van der Waals surface area contributed by atoms with Crippen molar-refractivity contribution in [2.75, 3.05) is 37.6 Å².